The number of pyridine rings is 1. The van der Waals surface area contributed by atoms with Crippen molar-refractivity contribution in [1.82, 2.24) is 24.5 Å². The second-order valence-electron chi connectivity index (χ2n) is 9.05. The molecule has 9 nitrogen and oxygen atoms in total. The molecule has 35 heavy (non-hydrogen) atoms. The van der Waals surface area contributed by atoms with E-state index in [2.05, 4.69) is 25.6 Å². The maximum Gasteiger partial charge on any atom is 0.257 e. The number of aromatic nitrogens is 4. The summed E-state index contributed by atoms with van der Waals surface area (Å²) in [4.78, 5) is 31.3. The van der Waals surface area contributed by atoms with E-state index < -0.39 is 5.82 Å². The van der Waals surface area contributed by atoms with Gasteiger partial charge in [-0.1, -0.05) is 6.92 Å². The van der Waals surface area contributed by atoms with Gasteiger partial charge in [-0.15, -0.1) is 0 Å². The van der Waals surface area contributed by atoms with Gasteiger partial charge in [0.2, 0.25) is 0 Å². The number of carbonyl (C=O) groups excluding carboxylic acids is 2. The minimum absolute atomic E-state index is 0.204. The Morgan fingerprint density at radius 3 is 2.86 bits per heavy atom. The number of anilines is 2. The van der Waals surface area contributed by atoms with Gasteiger partial charge in [0.1, 0.15) is 11.3 Å². The van der Waals surface area contributed by atoms with Gasteiger partial charge < -0.3 is 19.9 Å². The second kappa shape index (κ2) is 9.10. The molecule has 4 aromatic rings. The fourth-order valence-corrected chi connectivity index (χ4v) is 4.64. The summed E-state index contributed by atoms with van der Waals surface area (Å²) < 4.78 is 17.7. The Labute approximate surface area is 201 Å². The highest BCUT2D eigenvalue weighted by atomic mass is 19.1. The van der Waals surface area contributed by atoms with E-state index in [0.29, 0.717) is 35.4 Å². The highest BCUT2D eigenvalue weighted by Gasteiger charge is 2.26. The van der Waals surface area contributed by atoms with Crippen LogP contribution in [0.5, 0.6) is 0 Å². The standard InChI is InChI=1S/C25H28FN7O2/c1-4-18(34)10-27-16-7-8-32(12-16)22-6-5-19(23-20(22)14-31(3)30-23)25(35)29-17-9-21(26)24-28-15(2)11-33(24)13-17/h5-6,9,11,13-14,16,27H,4,7-8,10,12H2,1-3H3,(H,29,35)/t16-/m1/s1. The lowest BCUT2D eigenvalue weighted by Gasteiger charge is -2.20. The van der Waals surface area contributed by atoms with Crippen LogP contribution in [-0.2, 0) is 11.8 Å². The number of Topliss-reactive ketones (excluding diaryl/α,β-unsaturated/α-hetero) is 1. The van der Waals surface area contributed by atoms with Crippen LogP contribution in [-0.4, -0.2) is 56.5 Å². The van der Waals surface area contributed by atoms with Crippen LogP contribution in [0, 0.1) is 12.7 Å². The summed E-state index contributed by atoms with van der Waals surface area (Å²) in [5.74, 6) is -0.669. The van der Waals surface area contributed by atoms with Crippen LogP contribution in [0.25, 0.3) is 16.6 Å². The molecule has 1 saturated heterocycles. The molecule has 1 aromatic carbocycles. The normalized spacial score (nSPS) is 15.9. The Morgan fingerprint density at radius 2 is 2.06 bits per heavy atom. The van der Waals surface area contributed by atoms with Crippen molar-refractivity contribution in [2.45, 2.75) is 32.7 Å². The largest absolute Gasteiger partial charge is 0.369 e. The van der Waals surface area contributed by atoms with Gasteiger partial charge in [0.15, 0.2) is 11.5 Å². The molecule has 1 amide bonds. The van der Waals surface area contributed by atoms with Crippen molar-refractivity contribution in [3.05, 3.63) is 53.9 Å². The average Bonchev–Trinajstić information content (AvgIpc) is 3.54. The van der Waals surface area contributed by atoms with Crippen LogP contribution in [0.2, 0.25) is 0 Å². The molecule has 0 spiro atoms. The third kappa shape index (κ3) is 4.49. The molecule has 0 unspecified atom stereocenters. The van der Waals surface area contributed by atoms with Crippen molar-refractivity contribution in [2.75, 3.05) is 29.9 Å². The minimum Gasteiger partial charge on any atom is -0.369 e. The van der Waals surface area contributed by atoms with Gasteiger partial charge in [-0.2, -0.15) is 5.10 Å². The van der Waals surface area contributed by atoms with Crippen molar-refractivity contribution >= 4 is 39.6 Å². The number of halogens is 1. The first kappa shape index (κ1) is 23.0. The molecule has 0 aliphatic carbocycles. The Hall–Kier alpha value is -3.79. The maximum atomic E-state index is 14.5. The van der Waals surface area contributed by atoms with Gasteiger partial charge in [0.05, 0.1) is 23.5 Å². The molecule has 10 heteroatoms. The number of nitrogens with zero attached hydrogens (tertiary/aromatic N) is 5. The first-order chi connectivity index (χ1) is 16.8. The number of imidazole rings is 1. The smallest absolute Gasteiger partial charge is 0.257 e. The average molecular weight is 478 g/mol. The number of aryl methyl sites for hydroxylation is 2. The summed E-state index contributed by atoms with van der Waals surface area (Å²) in [6.45, 7) is 5.66. The molecule has 0 bridgehead atoms. The second-order valence-corrected chi connectivity index (χ2v) is 9.05. The monoisotopic (exact) mass is 477 g/mol. The van der Waals surface area contributed by atoms with Crippen molar-refractivity contribution < 1.29 is 14.0 Å². The minimum atomic E-state index is -0.507. The Kier molecular flexibility index (Phi) is 5.98. The third-order valence-electron chi connectivity index (χ3n) is 6.41. The van der Waals surface area contributed by atoms with Crippen LogP contribution in [0.3, 0.4) is 0 Å². The first-order valence-corrected chi connectivity index (χ1v) is 11.7. The Bertz CT molecular complexity index is 1440. The van der Waals surface area contributed by atoms with Gasteiger partial charge in [-0.3, -0.25) is 14.3 Å². The van der Waals surface area contributed by atoms with Crippen molar-refractivity contribution in [1.29, 1.82) is 0 Å². The first-order valence-electron chi connectivity index (χ1n) is 11.7. The molecular formula is C25H28FN7O2. The lowest BCUT2D eigenvalue weighted by Crippen LogP contribution is -2.35. The van der Waals surface area contributed by atoms with Gasteiger partial charge in [0.25, 0.3) is 5.91 Å². The van der Waals surface area contributed by atoms with E-state index in [-0.39, 0.29) is 23.4 Å². The zero-order valence-electron chi connectivity index (χ0n) is 20.0. The molecule has 3 aromatic heterocycles. The fraction of sp³-hybridized carbons (Fsp3) is 0.360. The molecular weight excluding hydrogens is 449 g/mol. The molecule has 1 fully saturated rings. The maximum absolute atomic E-state index is 14.5. The zero-order chi connectivity index (χ0) is 24.7. The van der Waals surface area contributed by atoms with Crippen LogP contribution in [0.4, 0.5) is 15.8 Å². The number of hydrogen-bond acceptors (Lipinski definition) is 6. The van der Waals surface area contributed by atoms with Crippen molar-refractivity contribution in [2.24, 2.45) is 7.05 Å². The van der Waals surface area contributed by atoms with Crippen molar-refractivity contribution in [3.8, 4) is 0 Å². The predicted octanol–water partition coefficient (Wildman–Crippen LogP) is 3.07. The highest BCUT2D eigenvalue weighted by Crippen LogP contribution is 2.31. The van der Waals surface area contributed by atoms with Gasteiger partial charge in [0, 0.05) is 68.3 Å². The number of rotatable bonds is 7. The van der Waals surface area contributed by atoms with Gasteiger partial charge >= 0.3 is 0 Å². The summed E-state index contributed by atoms with van der Waals surface area (Å²) >= 11 is 0. The third-order valence-corrected chi connectivity index (χ3v) is 6.41. The van der Waals surface area contributed by atoms with E-state index in [4.69, 9.17) is 0 Å². The molecule has 1 aliphatic heterocycles. The van der Waals surface area contributed by atoms with E-state index in [1.54, 1.807) is 34.5 Å². The number of hydrogen-bond donors (Lipinski definition) is 2. The lowest BCUT2D eigenvalue weighted by molar-refractivity contribution is -0.118. The molecule has 1 atom stereocenters. The summed E-state index contributed by atoms with van der Waals surface area (Å²) in [6.07, 6.45) is 6.72. The van der Waals surface area contributed by atoms with Gasteiger partial charge in [-0.25, -0.2) is 9.37 Å². The quantitative estimate of drug-likeness (QED) is 0.425. The Morgan fingerprint density at radius 1 is 1.23 bits per heavy atom. The number of nitrogens with one attached hydrogen (secondary N) is 2. The van der Waals surface area contributed by atoms with Crippen LogP contribution in [0.1, 0.15) is 35.8 Å². The van der Waals surface area contributed by atoms with E-state index in [1.807, 2.05) is 26.2 Å². The van der Waals surface area contributed by atoms with E-state index >= 15 is 0 Å². The molecule has 0 radical (unpaired) electrons. The van der Waals surface area contributed by atoms with E-state index in [9.17, 15) is 14.0 Å². The summed E-state index contributed by atoms with van der Waals surface area (Å²) in [7, 11) is 1.82. The topological polar surface area (TPSA) is 96.6 Å². The number of carbonyl (C=O) groups is 2. The number of fused-ring (bicyclic) bond motifs is 2. The molecule has 4 heterocycles. The SMILES string of the molecule is CCC(=O)CN[C@@H]1CCN(c2ccc(C(=O)Nc3cc(F)c4nc(C)cn4c3)c3nn(C)cc23)C1. The highest BCUT2D eigenvalue weighted by molar-refractivity contribution is 6.13. The number of ketones is 1. The zero-order valence-corrected chi connectivity index (χ0v) is 20.0. The predicted molar refractivity (Wildman–Crippen MR) is 132 cm³/mol. The number of benzene rings is 1. The molecule has 2 N–H and O–H groups in total. The van der Waals surface area contributed by atoms with Crippen molar-refractivity contribution in [3.63, 3.8) is 0 Å². The fourth-order valence-electron chi connectivity index (χ4n) is 4.64. The molecule has 182 valence electrons. The summed E-state index contributed by atoms with van der Waals surface area (Å²) in [5, 5.41) is 11.6. The summed E-state index contributed by atoms with van der Waals surface area (Å²) in [5.41, 5.74) is 3.23. The molecule has 5 rings (SSSR count). The molecule has 1 aliphatic rings. The Balaban J connectivity index is 1.39. The molecule has 0 saturated carbocycles. The summed E-state index contributed by atoms with van der Waals surface area (Å²) in [6, 6.07) is 5.19. The van der Waals surface area contributed by atoms with Crippen LogP contribution in [0.15, 0.2) is 36.8 Å². The van der Waals surface area contributed by atoms with E-state index in [1.165, 1.54) is 6.07 Å². The van der Waals surface area contributed by atoms with Crippen LogP contribution >= 0.6 is 0 Å². The van der Waals surface area contributed by atoms with Crippen LogP contribution < -0.4 is 15.5 Å². The van der Waals surface area contributed by atoms with Gasteiger partial charge in [-0.05, 0) is 25.5 Å². The lowest BCUT2D eigenvalue weighted by atomic mass is 10.1. The number of amides is 1. The van der Waals surface area contributed by atoms with E-state index in [0.717, 1.165) is 30.6 Å².